The Kier molecular flexibility index (Phi) is 3.25. The molecule has 1 aromatic carbocycles. The number of nitrogens with two attached hydrogens (primary N) is 1. The van der Waals surface area contributed by atoms with Crippen LogP contribution in [-0.4, -0.2) is 13.0 Å². The van der Waals surface area contributed by atoms with Gasteiger partial charge in [-0.3, -0.25) is 4.79 Å². The summed E-state index contributed by atoms with van der Waals surface area (Å²) in [7, 11) is 1.84. The lowest BCUT2D eigenvalue weighted by Gasteiger charge is -2.30. The summed E-state index contributed by atoms with van der Waals surface area (Å²) in [6.45, 7) is 0.471. The molecule has 0 radical (unpaired) electrons. The molecule has 3 nitrogen and oxygen atoms in total. The molecule has 0 unspecified atom stereocenters. The van der Waals surface area contributed by atoms with Gasteiger partial charge in [0.2, 0.25) is 5.91 Å². The molecule has 1 fully saturated rings. The molecule has 1 aliphatic carbocycles. The quantitative estimate of drug-likeness (QED) is 0.842. The SMILES string of the molecule is CN(C(=O)C1CCC1)c1ccccc1CN. The molecular weight excluding hydrogens is 200 g/mol. The molecule has 1 saturated carbocycles. The van der Waals surface area contributed by atoms with E-state index in [0.29, 0.717) is 6.54 Å². The van der Waals surface area contributed by atoms with E-state index in [2.05, 4.69) is 0 Å². The molecule has 2 N–H and O–H groups in total. The van der Waals surface area contributed by atoms with E-state index < -0.39 is 0 Å². The first-order valence-electron chi connectivity index (χ1n) is 5.79. The van der Waals surface area contributed by atoms with E-state index in [9.17, 15) is 4.79 Å². The van der Waals surface area contributed by atoms with Gasteiger partial charge in [-0.25, -0.2) is 0 Å². The smallest absolute Gasteiger partial charge is 0.229 e. The van der Waals surface area contributed by atoms with E-state index >= 15 is 0 Å². The maximum absolute atomic E-state index is 12.1. The molecule has 0 aliphatic heterocycles. The molecule has 16 heavy (non-hydrogen) atoms. The van der Waals surface area contributed by atoms with Crippen molar-refractivity contribution in [2.24, 2.45) is 11.7 Å². The van der Waals surface area contributed by atoms with Crippen molar-refractivity contribution >= 4 is 11.6 Å². The number of benzene rings is 1. The normalized spacial score (nSPS) is 15.6. The predicted molar refractivity (Wildman–Crippen MR) is 65.1 cm³/mol. The number of rotatable bonds is 3. The first kappa shape index (κ1) is 11.1. The maximum Gasteiger partial charge on any atom is 0.229 e. The van der Waals surface area contributed by atoms with Crippen LogP contribution in [0.2, 0.25) is 0 Å². The van der Waals surface area contributed by atoms with Crippen molar-refractivity contribution in [1.29, 1.82) is 0 Å². The molecule has 1 amide bonds. The van der Waals surface area contributed by atoms with Crippen molar-refractivity contribution in [3.63, 3.8) is 0 Å². The Hall–Kier alpha value is -1.35. The predicted octanol–water partition coefficient (Wildman–Crippen LogP) is 1.91. The second kappa shape index (κ2) is 4.66. The van der Waals surface area contributed by atoms with Crippen LogP contribution >= 0.6 is 0 Å². The molecule has 0 bridgehead atoms. The van der Waals surface area contributed by atoms with Gasteiger partial charge < -0.3 is 10.6 Å². The van der Waals surface area contributed by atoms with Crippen molar-refractivity contribution in [2.45, 2.75) is 25.8 Å². The third-order valence-corrected chi connectivity index (χ3v) is 3.36. The van der Waals surface area contributed by atoms with Crippen LogP contribution in [0.1, 0.15) is 24.8 Å². The van der Waals surface area contributed by atoms with Gasteiger partial charge in [-0.2, -0.15) is 0 Å². The van der Waals surface area contributed by atoms with Crippen molar-refractivity contribution < 1.29 is 4.79 Å². The minimum atomic E-state index is 0.229. The molecule has 1 aliphatic rings. The van der Waals surface area contributed by atoms with E-state index in [4.69, 9.17) is 5.73 Å². The Morgan fingerprint density at radius 2 is 2.12 bits per heavy atom. The zero-order valence-electron chi connectivity index (χ0n) is 9.65. The maximum atomic E-state index is 12.1. The lowest BCUT2D eigenvalue weighted by molar-refractivity contribution is -0.124. The summed E-state index contributed by atoms with van der Waals surface area (Å²) >= 11 is 0. The Labute approximate surface area is 96.2 Å². The summed E-state index contributed by atoms with van der Waals surface area (Å²) in [6, 6.07) is 7.82. The number of carbonyl (C=O) groups excluding carboxylic acids is 1. The van der Waals surface area contributed by atoms with Crippen molar-refractivity contribution in [1.82, 2.24) is 0 Å². The molecule has 0 atom stereocenters. The highest BCUT2D eigenvalue weighted by Crippen LogP contribution is 2.30. The van der Waals surface area contributed by atoms with Gasteiger partial charge in [0.1, 0.15) is 0 Å². The van der Waals surface area contributed by atoms with Gasteiger partial charge in [0.25, 0.3) is 0 Å². The highest BCUT2D eigenvalue weighted by Gasteiger charge is 2.28. The van der Waals surface area contributed by atoms with Gasteiger partial charge in [-0.1, -0.05) is 24.6 Å². The summed E-state index contributed by atoms with van der Waals surface area (Å²) in [5.41, 5.74) is 7.65. The molecular formula is C13H18N2O. The van der Waals surface area contributed by atoms with Crippen molar-refractivity contribution in [2.75, 3.05) is 11.9 Å². The number of hydrogen-bond acceptors (Lipinski definition) is 2. The van der Waals surface area contributed by atoms with Crippen LogP contribution in [0.15, 0.2) is 24.3 Å². The summed E-state index contributed by atoms with van der Waals surface area (Å²) in [5.74, 6) is 0.461. The molecule has 0 heterocycles. The zero-order chi connectivity index (χ0) is 11.5. The average Bonchev–Trinajstić information content (AvgIpc) is 2.25. The van der Waals surface area contributed by atoms with Crippen LogP contribution < -0.4 is 10.6 Å². The first-order chi connectivity index (χ1) is 7.74. The number of para-hydroxylation sites is 1. The Morgan fingerprint density at radius 1 is 1.44 bits per heavy atom. The highest BCUT2D eigenvalue weighted by atomic mass is 16.2. The summed E-state index contributed by atoms with van der Waals surface area (Å²) in [4.78, 5) is 13.8. The standard InChI is InChI=1S/C13H18N2O/c1-15(13(16)10-6-4-7-10)12-8-3-2-5-11(12)9-14/h2-3,5,8,10H,4,6-7,9,14H2,1H3. The van der Waals surface area contributed by atoms with E-state index in [1.165, 1.54) is 6.42 Å². The topological polar surface area (TPSA) is 46.3 Å². The Bertz CT molecular complexity index is 385. The first-order valence-corrected chi connectivity index (χ1v) is 5.79. The Morgan fingerprint density at radius 3 is 2.69 bits per heavy atom. The van der Waals surface area contributed by atoms with Crippen LogP contribution in [-0.2, 0) is 11.3 Å². The largest absolute Gasteiger partial charge is 0.326 e. The number of anilines is 1. The van der Waals surface area contributed by atoms with Crippen molar-refractivity contribution in [3.8, 4) is 0 Å². The lowest BCUT2D eigenvalue weighted by atomic mass is 9.84. The van der Waals surface area contributed by atoms with Crippen LogP contribution in [0.25, 0.3) is 0 Å². The molecule has 0 saturated heterocycles. The second-order valence-electron chi connectivity index (χ2n) is 4.36. The van der Waals surface area contributed by atoms with Crippen LogP contribution in [0.3, 0.4) is 0 Å². The number of nitrogens with zero attached hydrogens (tertiary/aromatic N) is 1. The molecule has 1 aromatic rings. The van der Waals surface area contributed by atoms with Gasteiger partial charge in [0.15, 0.2) is 0 Å². The van der Waals surface area contributed by atoms with E-state index in [-0.39, 0.29) is 11.8 Å². The van der Waals surface area contributed by atoms with Gasteiger partial charge in [0, 0.05) is 25.2 Å². The molecule has 0 aromatic heterocycles. The van der Waals surface area contributed by atoms with Crippen LogP contribution in [0.4, 0.5) is 5.69 Å². The fourth-order valence-corrected chi connectivity index (χ4v) is 2.06. The van der Waals surface area contributed by atoms with Gasteiger partial charge in [-0.15, -0.1) is 0 Å². The van der Waals surface area contributed by atoms with Crippen molar-refractivity contribution in [3.05, 3.63) is 29.8 Å². The van der Waals surface area contributed by atoms with Gasteiger partial charge in [0.05, 0.1) is 0 Å². The molecule has 86 valence electrons. The average molecular weight is 218 g/mol. The lowest BCUT2D eigenvalue weighted by Crippen LogP contribution is -2.36. The van der Waals surface area contributed by atoms with E-state index in [1.807, 2.05) is 31.3 Å². The molecule has 2 rings (SSSR count). The fourth-order valence-electron chi connectivity index (χ4n) is 2.06. The minimum Gasteiger partial charge on any atom is -0.326 e. The number of amides is 1. The van der Waals surface area contributed by atoms with E-state index in [1.54, 1.807) is 4.90 Å². The third kappa shape index (κ3) is 1.95. The highest BCUT2D eigenvalue weighted by molar-refractivity contribution is 5.95. The number of hydrogen-bond donors (Lipinski definition) is 1. The van der Waals surface area contributed by atoms with Crippen LogP contribution in [0, 0.1) is 5.92 Å². The second-order valence-corrected chi connectivity index (χ2v) is 4.36. The molecule has 3 heteroatoms. The van der Waals surface area contributed by atoms with Crippen LogP contribution in [0.5, 0.6) is 0 Å². The van der Waals surface area contributed by atoms with E-state index in [0.717, 1.165) is 24.1 Å². The number of carbonyl (C=O) groups is 1. The summed E-state index contributed by atoms with van der Waals surface area (Å²) in [5, 5.41) is 0. The zero-order valence-corrected chi connectivity index (χ0v) is 9.65. The summed E-state index contributed by atoms with van der Waals surface area (Å²) < 4.78 is 0. The minimum absolute atomic E-state index is 0.229. The Balaban J connectivity index is 2.18. The monoisotopic (exact) mass is 218 g/mol. The van der Waals surface area contributed by atoms with Gasteiger partial charge in [-0.05, 0) is 24.5 Å². The third-order valence-electron chi connectivity index (χ3n) is 3.36. The van der Waals surface area contributed by atoms with Gasteiger partial charge >= 0.3 is 0 Å². The fraction of sp³-hybridized carbons (Fsp3) is 0.462. The summed E-state index contributed by atoms with van der Waals surface area (Å²) in [6.07, 6.45) is 3.25. The molecule has 0 spiro atoms.